The number of pyridine rings is 1. The van der Waals surface area contributed by atoms with Crippen molar-refractivity contribution in [3.63, 3.8) is 0 Å². The summed E-state index contributed by atoms with van der Waals surface area (Å²) in [5, 5.41) is 3.60. The highest BCUT2D eigenvalue weighted by Crippen LogP contribution is 2.24. The third-order valence-electron chi connectivity index (χ3n) is 3.86. The largest absolute Gasteiger partial charge is 0.311 e. The summed E-state index contributed by atoms with van der Waals surface area (Å²) in [6, 6.07) is 5.87. The standard InChI is InChI=1S/C14H23N3/c1-4-14-10-17(11(2)8-16-14)12(3)13-6-5-7-15-9-13/h5-7,9,11-12,14,16H,4,8,10H2,1-3H3. The van der Waals surface area contributed by atoms with Crippen molar-refractivity contribution in [2.24, 2.45) is 0 Å². The molecular weight excluding hydrogens is 210 g/mol. The Morgan fingerprint density at radius 1 is 1.59 bits per heavy atom. The zero-order valence-corrected chi connectivity index (χ0v) is 11.1. The summed E-state index contributed by atoms with van der Waals surface area (Å²) in [7, 11) is 0. The van der Waals surface area contributed by atoms with Crippen LogP contribution in [0.5, 0.6) is 0 Å². The van der Waals surface area contributed by atoms with E-state index in [9.17, 15) is 0 Å². The highest BCUT2D eigenvalue weighted by Gasteiger charge is 2.28. The van der Waals surface area contributed by atoms with Gasteiger partial charge in [0.2, 0.25) is 0 Å². The van der Waals surface area contributed by atoms with Crippen molar-refractivity contribution >= 4 is 0 Å². The average Bonchev–Trinajstić information content (AvgIpc) is 2.39. The van der Waals surface area contributed by atoms with Crippen molar-refractivity contribution in [1.82, 2.24) is 15.2 Å². The average molecular weight is 233 g/mol. The Kier molecular flexibility index (Phi) is 4.13. The second-order valence-corrected chi connectivity index (χ2v) is 5.02. The first kappa shape index (κ1) is 12.5. The molecule has 0 spiro atoms. The van der Waals surface area contributed by atoms with Crippen LogP contribution < -0.4 is 5.32 Å². The Labute approximate surface area is 104 Å². The minimum atomic E-state index is 0.454. The molecule has 17 heavy (non-hydrogen) atoms. The Morgan fingerprint density at radius 2 is 2.41 bits per heavy atom. The van der Waals surface area contributed by atoms with Gasteiger partial charge in [-0.05, 0) is 31.9 Å². The molecule has 94 valence electrons. The second kappa shape index (κ2) is 5.61. The third-order valence-corrected chi connectivity index (χ3v) is 3.86. The van der Waals surface area contributed by atoms with Gasteiger partial charge in [-0.15, -0.1) is 0 Å². The van der Waals surface area contributed by atoms with Gasteiger partial charge in [0.05, 0.1) is 0 Å². The molecule has 1 aromatic heterocycles. The lowest BCUT2D eigenvalue weighted by molar-refractivity contribution is 0.0974. The van der Waals surface area contributed by atoms with E-state index in [2.05, 4.69) is 42.0 Å². The van der Waals surface area contributed by atoms with E-state index in [1.54, 1.807) is 0 Å². The van der Waals surface area contributed by atoms with E-state index < -0.39 is 0 Å². The first-order valence-electron chi connectivity index (χ1n) is 6.61. The first-order chi connectivity index (χ1) is 8.22. The van der Waals surface area contributed by atoms with E-state index in [0.29, 0.717) is 18.1 Å². The van der Waals surface area contributed by atoms with Crippen molar-refractivity contribution in [3.8, 4) is 0 Å². The molecule has 1 aliphatic rings. The smallest absolute Gasteiger partial charge is 0.0339 e. The second-order valence-electron chi connectivity index (χ2n) is 5.02. The van der Waals surface area contributed by atoms with Gasteiger partial charge in [-0.2, -0.15) is 0 Å². The van der Waals surface area contributed by atoms with E-state index >= 15 is 0 Å². The van der Waals surface area contributed by atoms with E-state index in [4.69, 9.17) is 0 Å². The minimum Gasteiger partial charge on any atom is -0.311 e. The molecule has 1 aromatic rings. The van der Waals surface area contributed by atoms with Crippen LogP contribution in [-0.4, -0.2) is 35.1 Å². The highest BCUT2D eigenvalue weighted by molar-refractivity contribution is 5.14. The minimum absolute atomic E-state index is 0.454. The molecule has 2 heterocycles. The van der Waals surface area contributed by atoms with Crippen LogP contribution in [0.25, 0.3) is 0 Å². The fraction of sp³-hybridized carbons (Fsp3) is 0.643. The summed E-state index contributed by atoms with van der Waals surface area (Å²) >= 11 is 0. The van der Waals surface area contributed by atoms with Gasteiger partial charge in [0.25, 0.3) is 0 Å². The highest BCUT2D eigenvalue weighted by atomic mass is 15.2. The maximum Gasteiger partial charge on any atom is 0.0339 e. The molecule has 3 unspecified atom stereocenters. The fourth-order valence-corrected chi connectivity index (χ4v) is 2.58. The Hall–Kier alpha value is -0.930. The zero-order valence-electron chi connectivity index (χ0n) is 11.1. The molecule has 0 amide bonds. The number of piperazine rings is 1. The van der Waals surface area contributed by atoms with Crippen LogP contribution >= 0.6 is 0 Å². The molecule has 3 atom stereocenters. The lowest BCUT2D eigenvalue weighted by Crippen LogP contribution is -2.55. The molecule has 0 aromatic carbocycles. The number of rotatable bonds is 3. The summed E-state index contributed by atoms with van der Waals surface area (Å²) in [5.41, 5.74) is 1.32. The summed E-state index contributed by atoms with van der Waals surface area (Å²) in [6.07, 6.45) is 5.02. The summed E-state index contributed by atoms with van der Waals surface area (Å²) in [6.45, 7) is 9.05. The van der Waals surface area contributed by atoms with Crippen LogP contribution in [0.4, 0.5) is 0 Å². The molecule has 0 aliphatic carbocycles. The number of nitrogens with one attached hydrogen (secondary N) is 1. The lowest BCUT2D eigenvalue weighted by Gasteiger charge is -2.42. The molecule has 0 saturated carbocycles. The van der Waals surface area contributed by atoms with Gasteiger partial charge in [0, 0.05) is 43.6 Å². The molecule has 2 rings (SSSR count). The fourth-order valence-electron chi connectivity index (χ4n) is 2.58. The van der Waals surface area contributed by atoms with E-state index in [0.717, 1.165) is 13.1 Å². The Balaban J connectivity index is 2.09. The van der Waals surface area contributed by atoms with Crippen molar-refractivity contribution in [2.45, 2.75) is 45.3 Å². The summed E-state index contributed by atoms with van der Waals surface area (Å²) in [4.78, 5) is 6.81. The van der Waals surface area contributed by atoms with Gasteiger partial charge in [0.1, 0.15) is 0 Å². The van der Waals surface area contributed by atoms with Crippen molar-refractivity contribution in [2.75, 3.05) is 13.1 Å². The van der Waals surface area contributed by atoms with E-state index in [1.807, 2.05) is 18.5 Å². The van der Waals surface area contributed by atoms with E-state index in [1.165, 1.54) is 12.0 Å². The molecule has 3 heteroatoms. The summed E-state index contributed by atoms with van der Waals surface area (Å²) < 4.78 is 0. The van der Waals surface area contributed by atoms with Crippen LogP contribution in [0.2, 0.25) is 0 Å². The Bertz CT molecular complexity index is 339. The molecule has 1 fully saturated rings. The number of hydrogen-bond donors (Lipinski definition) is 1. The quantitative estimate of drug-likeness (QED) is 0.867. The van der Waals surface area contributed by atoms with Crippen LogP contribution in [0, 0.1) is 0 Å². The molecule has 0 bridgehead atoms. The van der Waals surface area contributed by atoms with Gasteiger partial charge in [0.15, 0.2) is 0 Å². The van der Waals surface area contributed by atoms with Crippen LogP contribution in [-0.2, 0) is 0 Å². The van der Waals surface area contributed by atoms with Gasteiger partial charge in [-0.3, -0.25) is 9.88 Å². The molecule has 3 nitrogen and oxygen atoms in total. The van der Waals surface area contributed by atoms with Crippen molar-refractivity contribution < 1.29 is 0 Å². The molecule has 1 saturated heterocycles. The summed E-state index contributed by atoms with van der Waals surface area (Å²) in [5.74, 6) is 0. The topological polar surface area (TPSA) is 28.2 Å². The Morgan fingerprint density at radius 3 is 3.06 bits per heavy atom. The zero-order chi connectivity index (χ0) is 12.3. The predicted molar refractivity (Wildman–Crippen MR) is 70.9 cm³/mol. The van der Waals surface area contributed by atoms with Crippen molar-refractivity contribution in [1.29, 1.82) is 0 Å². The monoisotopic (exact) mass is 233 g/mol. The van der Waals surface area contributed by atoms with Crippen LogP contribution in [0.3, 0.4) is 0 Å². The lowest BCUT2D eigenvalue weighted by atomic mass is 10.0. The van der Waals surface area contributed by atoms with Gasteiger partial charge in [-0.1, -0.05) is 13.0 Å². The third kappa shape index (κ3) is 2.85. The number of aromatic nitrogens is 1. The molecular formula is C14H23N3. The van der Waals surface area contributed by atoms with Crippen molar-refractivity contribution in [3.05, 3.63) is 30.1 Å². The normalized spacial score (nSPS) is 27.9. The van der Waals surface area contributed by atoms with Crippen LogP contribution in [0.1, 0.15) is 38.8 Å². The van der Waals surface area contributed by atoms with E-state index in [-0.39, 0.29) is 0 Å². The SMILES string of the molecule is CCC1CN(C(C)c2cccnc2)C(C)CN1. The van der Waals surface area contributed by atoms with Gasteiger partial charge in [-0.25, -0.2) is 0 Å². The van der Waals surface area contributed by atoms with Gasteiger partial charge >= 0.3 is 0 Å². The maximum absolute atomic E-state index is 4.22. The van der Waals surface area contributed by atoms with Gasteiger partial charge < -0.3 is 5.32 Å². The molecule has 1 aliphatic heterocycles. The predicted octanol–water partition coefficient (Wildman–Crippen LogP) is 2.21. The maximum atomic E-state index is 4.22. The number of hydrogen-bond acceptors (Lipinski definition) is 3. The molecule has 0 radical (unpaired) electrons. The molecule has 1 N–H and O–H groups in total. The van der Waals surface area contributed by atoms with Crippen LogP contribution in [0.15, 0.2) is 24.5 Å². The first-order valence-corrected chi connectivity index (χ1v) is 6.61. The number of nitrogens with zero attached hydrogens (tertiary/aromatic N) is 2.